The molecule has 1 aromatic rings. The average Bonchev–Trinajstić information content (AvgIpc) is 2.91. The van der Waals surface area contributed by atoms with Crippen LogP contribution in [0.15, 0.2) is 9.42 Å². The van der Waals surface area contributed by atoms with Crippen LogP contribution in [0, 0.1) is 13.8 Å². The van der Waals surface area contributed by atoms with E-state index in [1.165, 1.54) is 4.31 Å². The first-order valence-electron chi connectivity index (χ1n) is 7.75. The molecule has 2 N–H and O–H groups in total. The van der Waals surface area contributed by atoms with Crippen molar-refractivity contribution >= 4 is 40.1 Å². The van der Waals surface area contributed by atoms with Crippen molar-refractivity contribution < 1.29 is 17.7 Å². The third-order valence-electron chi connectivity index (χ3n) is 4.07. The van der Waals surface area contributed by atoms with Crippen LogP contribution in [-0.4, -0.2) is 72.9 Å². The highest BCUT2D eigenvalue weighted by molar-refractivity contribution is 7.98. The number of piperazine rings is 1. The zero-order chi connectivity index (χ0) is 17.9. The third kappa shape index (κ3) is 4.88. The van der Waals surface area contributed by atoms with Crippen molar-refractivity contribution in [3.05, 3.63) is 11.5 Å². The number of halogens is 1. The number of carbonyl (C=O) groups is 1. The van der Waals surface area contributed by atoms with Crippen molar-refractivity contribution in [2.75, 3.05) is 38.2 Å². The lowest BCUT2D eigenvalue weighted by Crippen LogP contribution is -2.54. The summed E-state index contributed by atoms with van der Waals surface area (Å²) in [6.45, 7) is 4.36. The van der Waals surface area contributed by atoms with Crippen LogP contribution in [0.2, 0.25) is 0 Å². The maximum Gasteiger partial charge on any atom is 0.248 e. The van der Waals surface area contributed by atoms with Crippen molar-refractivity contribution in [3.8, 4) is 0 Å². The molecule has 25 heavy (non-hydrogen) atoms. The second kappa shape index (κ2) is 9.22. The van der Waals surface area contributed by atoms with Crippen LogP contribution in [0.4, 0.5) is 0 Å². The molecule has 1 aromatic heterocycles. The van der Waals surface area contributed by atoms with Crippen molar-refractivity contribution in [1.29, 1.82) is 0 Å². The van der Waals surface area contributed by atoms with E-state index in [1.807, 2.05) is 6.26 Å². The largest absolute Gasteiger partial charge is 0.360 e. The molecule has 2 heterocycles. The number of nitrogens with zero attached hydrogens (tertiary/aromatic N) is 3. The van der Waals surface area contributed by atoms with Gasteiger partial charge in [0.25, 0.3) is 0 Å². The second-order valence-corrected chi connectivity index (χ2v) is 8.63. The Morgan fingerprint density at radius 2 is 1.92 bits per heavy atom. The van der Waals surface area contributed by atoms with Gasteiger partial charge in [-0.1, -0.05) is 5.16 Å². The Morgan fingerprint density at radius 1 is 1.32 bits per heavy atom. The van der Waals surface area contributed by atoms with Gasteiger partial charge in [-0.25, -0.2) is 8.42 Å². The quantitative estimate of drug-likeness (QED) is 0.729. The first-order valence-corrected chi connectivity index (χ1v) is 10.6. The molecular formula is C14H25ClN4O4S2. The van der Waals surface area contributed by atoms with Gasteiger partial charge < -0.3 is 15.2 Å². The number of carbonyl (C=O) groups excluding carboxylic acids is 1. The highest BCUT2D eigenvalue weighted by Gasteiger charge is 2.34. The maximum absolute atomic E-state index is 12.7. The molecule has 11 heteroatoms. The van der Waals surface area contributed by atoms with Crippen LogP contribution >= 0.6 is 24.2 Å². The van der Waals surface area contributed by atoms with Crippen LogP contribution in [0.3, 0.4) is 0 Å². The number of aryl methyl sites for hydroxylation is 2. The van der Waals surface area contributed by atoms with E-state index in [0.717, 1.165) is 5.75 Å². The summed E-state index contributed by atoms with van der Waals surface area (Å²) in [5, 5.41) is 3.71. The molecule has 2 rings (SSSR count). The summed E-state index contributed by atoms with van der Waals surface area (Å²) < 4.78 is 31.8. The molecule has 1 fully saturated rings. The number of hydrogen-bond donors (Lipinski definition) is 1. The fourth-order valence-corrected chi connectivity index (χ4v) is 4.93. The maximum atomic E-state index is 12.7. The smallest absolute Gasteiger partial charge is 0.248 e. The molecule has 1 atom stereocenters. The van der Waals surface area contributed by atoms with Gasteiger partial charge >= 0.3 is 0 Å². The van der Waals surface area contributed by atoms with Crippen molar-refractivity contribution in [3.63, 3.8) is 0 Å². The number of thioether (sulfide) groups is 1. The molecule has 0 spiro atoms. The molecule has 1 unspecified atom stereocenters. The van der Waals surface area contributed by atoms with E-state index in [0.29, 0.717) is 25.2 Å². The van der Waals surface area contributed by atoms with Crippen molar-refractivity contribution in [2.45, 2.75) is 31.2 Å². The fourth-order valence-electron chi connectivity index (χ4n) is 2.72. The van der Waals surface area contributed by atoms with Crippen molar-refractivity contribution in [2.24, 2.45) is 5.73 Å². The van der Waals surface area contributed by atoms with Crippen LogP contribution in [0.25, 0.3) is 0 Å². The highest BCUT2D eigenvalue weighted by atomic mass is 35.5. The molecule has 1 amide bonds. The Morgan fingerprint density at radius 3 is 2.40 bits per heavy atom. The SMILES string of the molecule is CSCCC(N)C(=O)N1CCN(S(=O)(=O)c2c(C)noc2C)CC1.Cl. The van der Waals surface area contributed by atoms with E-state index < -0.39 is 16.1 Å². The molecule has 0 bridgehead atoms. The van der Waals surface area contributed by atoms with E-state index >= 15 is 0 Å². The van der Waals surface area contributed by atoms with Crippen LogP contribution in [0.1, 0.15) is 17.9 Å². The second-order valence-electron chi connectivity index (χ2n) is 5.77. The molecule has 144 valence electrons. The minimum absolute atomic E-state index is 0. The molecule has 1 aliphatic heterocycles. The summed E-state index contributed by atoms with van der Waals surface area (Å²) in [6, 6.07) is -0.525. The fraction of sp³-hybridized carbons (Fsp3) is 0.714. The molecule has 8 nitrogen and oxygen atoms in total. The van der Waals surface area contributed by atoms with Crippen LogP contribution < -0.4 is 5.73 Å². The zero-order valence-electron chi connectivity index (χ0n) is 14.6. The summed E-state index contributed by atoms with van der Waals surface area (Å²) in [5.74, 6) is 0.997. The van der Waals surface area contributed by atoms with Gasteiger partial charge in [0.15, 0.2) is 5.76 Å². The molecule has 0 saturated carbocycles. The lowest BCUT2D eigenvalue weighted by Gasteiger charge is -2.35. The monoisotopic (exact) mass is 412 g/mol. The van der Waals surface area contributed by atoms with E-state index in [4.69, 9.17) is 10.3 Å². The van der Waals surface area contributed by atoms with E-state index in [9.17, 15) is 13.2 Å². The molecule has 1 aliphatic rings. The number of aromatic nitrogens is 1. The predicted molar refractivity (Wildman–Crippen MR) is 99.5 cm³/mol. The Kier molecular flexibility index (Phi) is 8.20. The molecule has 0 radical (unpaired) electrons. The number of nitrogens with two attached hydrogens (primary N) is 1. The van der Waals surface area contributed by atoms with Gasteiger partial charge in [-0.05, 0) is 32.3 Å². The first-order chi connectivity index (χ1) is 11.3. The summed E-state index contributed by atoms with van der Waals surface area (Å²) in [5.41, 5.74) is 6.27. The van der Waals surface area contributed by atoms with Crippen molar-refractivity contribution in [1.82, 2.24) is 14.4 Å². The van der Waals surface area contributed by atoms with Crippen LogP contribution in [0.5, 0.6) is 0 Å². The zero-order valence-corrected chi connectivity index (χ0v) is 17.0. The number of hydrogen-bond acceptors (Lipinski definition) is 7. The van der Waals surface area contributed by atoms with Crippen LogP contribution in [-0.2, 0) is 14.8 Å². The normalized spacial score (nSPS) is 17.2. The topological polar surface area (TPSA) is 110 Å². The van der Waals surface area contributed by atoms with Gasteiger partial charge in [-0.3, -0.25) is 4.79 Å². The Labute approximate surface area is 158 Å². The van der Waals surface area contributed by atoms with Gasteiger partial charge in [-0.15, -0.1) is 12.4 Å². The van der Waals surface area contributed by atoms with Gasteiger partial charge in [0, 0.05) is 26.2 Å². The first kappa shape index (κ1) is 22.2. The number of amides is 1. The van der Waals surface area contributed by atoms with Gasteiger partial charge in [0.05, 0.1) is 6.04 Å². The standard InChI is InChI=1S/C14H24N4O4S2.ClH/c1-10-13(11(2)22-16-10)24(20,21)18-7-5-17(6-8-18)14(19)12(15)4-9-23-3;/h12H,4-9,15H2,1-3H3;1H. The van der Waals surface area contributed by atoms with Gasteiger partial charge in [0.2, 0.25) is 15.9 Å². The summed E-state index contributed by atoms with van der Waals surface area (Å²) in [7, 11) is -3.66. The van der Waals surface area contributed by atoms with Gasteiger partial charge in [-0.2, -0.15) is 16.1 Å². The van der Waals surface area contributed by atoms with E-state index in [2.05, 4.69) is 5.16 Å². The van der Waals surface area contributed by atoms with Gasteiger partial charge in [0.1, 0.15) is 10.6 Å². The Hall–Kier alpha value is -0.810. The lowest BCUT2D eigenvalue weighted by atomic mass is 10.2. The molecule has 1 saturated heterocycles. The highest BCUT2D eigenvalue weighted by Crippen LogP contribution is 2.24. The average molecular weight is 413 g/mol. The molecular weight excluding hydrogens is 388 g/mol. The van der Waals surface area contributed by atoms with E-state index in [-0.39, 0.29) is 42.1 Å². The minimum atomic E-state index is -3.66. The summed E-state index contributed by atoms with van der Waals surface area (Å²) >= 11 is 1.65. The lowest BCUT2D eigenvalue weighted by molar-refractivity contribution is -0.133. The van der Waals surface area contributed by atoms with E-state index in [1.54, 1.807) is 30.5 Å². The number of rotatable bonds is 6. The summed E-state index contributed by atoms with van der Waals surface area (Å²) in [4.78, 5) is 14.1. The summed E-state index contributed by atoms with van der Waals surface area (Å²) in [6.07, 6.45) is 2.59. The Balaban J connectivity index is 0.00000312. The molecule has 0 aromatic carbocycles. The number of sulfonamides is 1. The molecule has 0 aliphatic carbocycles. The Bertz CT molecular complexity index is 668. The third-order valence-corrected chi connectivity index (χ3v) is 6.85. The minimum Gasteiger partial charge on any atom is -0.360 e. The predicted octanol–water partition coefficient (Wildman–Crippen LogP) is 0.627.